The molecule has 0 radical (unpaired) electrons. The standard InChI is InChI=1S/C17H23ClN2O4/c1-5-14(17(22)23-6-2)12(4)19-20-16(21)10-24-15-8-7-13(18)9-11(15)3/h7-9,14H,5-6,10H2,1-4H3,(H,20,21)/b19-12-. The average molecular weight is 355 g/mol. The molecule has 0 saturated heterocycles. The number of carbonyl (C=O) groups is 2. The SMILES string of the molecule is CCOC(=O)C(CC)/C(C)=N\NC(=O)COc1ccc(Cl)cc1C. The van der Waals surface area contributed by atoms with Crippen LogP contribution in [-0.2, 0) is 14.3 Å². The van der Waals surface area contributed by atoms with E-state index in [1.165, 1.54) is 0 Å². The summed E-state index contributed by atoms with van der Waals surface area (Å²) in [5, 5.41) is 4.57. The van der Waals surface area contributed by atoms with Crippen molar-refractivity contribution in [1.29, 1.82) is 0 Å². The van der Waals surface area contributed by atoms with E-state index in [-0.39, 0.29) is 12.6 Å². The molecule has 1 N–H and O–H groups in total. The van der Waals surface area contributed by atoms with E-state index in [4.69, 9.17) is 21.1 Å². The van der Waals surface area contributed by atoms with E-state index in [2.05, 4.69) is 10.5 Å². The van der Waals surface area contributed by atoms with Crippen LogP contribution in [0.1, 0.15) is 32.8 Å². The Bertz CT molecular complexity index is 617. The van der Waals surface area contributed by atoms with Gasteiger partial charge in [-0.15, -0.1) is 0 Å². The summed E-state index contributed by atoms with van der Waals surface area (Å²) < 4.78 is 10.4. The maximum Gasteiger partial charge on any atom is 0.314 e. The van der Waals surface area contributed by atoms with Gasteiger partial charge in [-0.3, -0.25) is 9.59 Å². The summed E-state index contributed by atoms with van der Waals surface area (Å²) in [6, 6.07) is 5.14. The quantitative estimate of drug-likeness (QED) is 0.442. The fraction of sp³-hybridized carbons (Fsp3) is 0.471. The van der Waals surface area contributed by atoms with Crippen molar-refractivity contribution in [1.82, 2.24) is 5.43 Å². The number of rotatable bonds is 8. The zero-order valence-corrected chi connectivity index (χ0v) is 15.1. The van der Waals surface area contributed by atoms with Crippen molar-refractivity contribution < 1.29 is 19.1 Å². The van der Waals surface area contributed by atoms with E-state index in [9.17, 15) is 9.59 Å². The number of hydrazone groups is 1. The van der Waals surface area contributed by atoms with E-state index in [1.807, 2.05) is 13.8 Å². The number of nitrogens with zero attached hydrogens (tertiary/aromatic N) is 1. The van der Waals surface area contributed by atoms with Gasteiger partial charge >= 0.3 is 5.97 Å². The summed E-state index contributed by atoms with van der Waals surface area (Å²) in [4.78, 5) is 23.6. The molecule has 0 aliphatic rings. The number of ether oxygens (including phenoxy) is 2. The van der Waals surface area contributed by atoms with Gasteiger partial charge in [-0.25, -0.2) is 5.43 Å². The van der Waals surface area contributed by atoms with Gasteiger partial charge in [0, 0.05) is 10.7 Å². The van der Waals surface area contributed by atoms with Crippen molar-refractivity contribution >= 4 is 29.2 Å². The third-order valence-corrected chi connectivity index (χ3v) is 3.57. The first kappa shape index (κ1) is 20.0. The van der Waals surface area contributed by atoms with Gasteiger partial charge in [0.1, 0.15) is 5.75 Å². The van der Waals surface area contributed by atoms with Crippen LogP contribution in [0.2, 0.25) is 5.02 Å². The predicted molar refractivity (Wildman–Crippen MR) is 93.3 cm³/mol. The topological polar surface area (TPSA) is 77.0 Å². The highest BCUT2D eigenvalue weighted by molar-refractivity contribution is 6.30. The molecule has 1 rings (SSSR count). The van der Waals surface area contributed by atoms with Crippen LogP contribution < -0.4 is 10.2 Å². The van der Waals surface area contributed by atoms with Gasteiger partial charge in [0.15, 0.2) is 6.61 Å². The lowest BCUT2D eigenvalue weighted by atomic mass is 10.0. The fourth-order valence-electron chi connectivity index (χ4n) is 2.05. The molecule has 1 aromatic carbocycles. The molecule has 1 atom stereocenters. The van der Waals surface area contributed by atoms with Gasteiger partial charge in [0.25, 0.3) is 5.91 Å². The summed E-state index contributed by atoms with van der Waals surface area (Å²) >= 11 is 5.87. The lowest BCUT2D eigenvalue weighted by molar-refractivity contribution is -0.145. The maximum atomic E-state index is 11.8. The van der Waals surface area contributed by atoms with Crippen LogP contribution in [0.15, 0.2) is 23.3 Å². The van der Waals surface area contributed by atoms with Gasteiger partial charge in [-0.1, -0.05) is 18.5 Å². The van der Waals surface area contributed by atoms with Crippen molar-refractivity contribution in [2.75, 3.05) is 13.2 Å². The smallest absolute Gasteiger partial charge is 0.314 e. The summed E-state index contributed by atoms with van der Waals surface area (Å²) in [6.07, 6.45) is 0.546. The molecule has 0 heterocycles. The van der Waals surface area contributed by atoms with Gasteiger partial charge in [-0.05, 0) is 51.0 Å². The van der Waals surface area contributed by atoms with Crippen molar-refractivity contribution in [3.05, 3.63) is 28.8 Å². The third kappa shape index (κ3) is 6.20. The molecular formula is C17H23ClN2O4. The Morgan fingerprint density at radius 2 is 2.04 bits per heavy atom. The summed E-state index contributed by atoms with van der Waals surface area (Å²) in [5.74, 6) is -0.649. The molecule has 132 valence electrons. The average Bonchev–Trinajstić information content (AvgIpc) is 2.53. The van der Waals surface area contributed by atoms with Crippen molar-refractivity contribution in [3.8, 4) is 5.75 Å². The van der Waals surface area contributed by atoms with Crippen molar-refractivity contribution in [2.45, 2.75) is 34.1 Å². The van der Waals surface area contributed by atoms with E-state index in [0.717, 1.165) is 5.56 Å². The zero-order chi connectivity index (χ0) is 18.1. The highest BCUT2D eigenvalue weighted by atomic mass is 35.5. The van der Waals surface area contributed by atoms with Gasteiger partial charge in [0.05, 0.1) is 12.5 Å². The Labute approximate surface area is 147 Å². The Balaban J connectivity index is 2.56. The zero-order valence-electron chi connectivity index (χ0n) is 14.4. The van der Waals surface area contributed by atoms with Crippen LogP contribution in [0.5, 0.6) is 5.75 Å². The molecule has 0 aromatic heterocycles. The molecular weight excluding hydrogens is 332 g/mol. The van der Waals surface area contributed by atoms with Crippen LogP contribution >= 0.6 is 11.6 Å². The monoisotopic (exact) mass is 354 g/mol. The second kappa shape index (κ2) is 9.93. The molecule has 0 aliphatic carbocycles. The Morgan fingerprint density at radius 1 is 1.33 bits per heavy atom. The molecule has 0 fully saturated rings. The minimum atomic E-state index is -0.468. The van der Waals surface area contributed by atoms with Crippen molar-refractivity contribution in [2.24, 2.45) is 11.0 Å². The molecule has 1 unspecified atom stereocenters. The summed E-state index contributed by atoms with van der Waals surface area (Å²) in [7, 11) is 0. The lowest BCUT2D eigenvalue weighted by Gasteiger charge is -2.13. The number of hydrogen-bond acceptors (Lipinski definition) is 5. The number of benzene rings is 1. The molecule has 1 amide bonds. The molecule has 1 aromatic rings. The highest BCUT2D eigenvalue weighted by Crippen LogP contribution is 2.21. The highest BCUT2D eigenvalue weighted by Gasteiger charge is 2.21. The number of amides is 1. The number of halogens is 1. The van der Waals surface area contributed by atoms with Crippen LogP contribution in [0, 0.1) is 12.8 Å². The van der Waals surface area contributed by atoms with E-state index in [0.29, 0.717) is 29.5 Å². The largest absolute Gasteiger partial charge is 0.483 e. The van der Waals surface area contributed by atoms with Crippen molar-refractivity contribution in [3.63, 3.8) is 0 Å². The molecule has 0 saturated carbocycles. The van der Waals surface area contributed by atoms with Crippen LogP contribution in [-0.4, -0.2) is 30.8 Å². The first-order valence-electron chi connectivity index (χ1n) is 7.77. The number of esters is 1. The maximum absolute atomic E-state index is 11.8. The summed E-state index contributed by atoms with van der Waals surface area (Å²) in [5.41, 5.74) is 3.71. The van der Waals surface area contributed by atoms with Gasteiger partial charge in [0.2, 0.25) is 0 Å². The number of nitrogens with one attached hydrogen (secondary N) is 1. The van der Waals surface area contributed by atoms with E-state index < -0.39 is 11.8 Å². The van der Waals surface area contributed by atoms with Gasteiger partial charge in [-0.2, -0.15) is 5.10 Å². The molecule has 7 heteroatoms. The lowest BCUT2D eigenvalue weighted by Crippen LogP contribution is -2.29. The minimum absolute atomic E-state index is 0.185. The molecule has 0 aliphatic heterocycles. The molecule has 0 spiro atoms. The number of carbonyl (C=O) groups excluding carboxylic acids is 2. The fourth-order valence-corrected chi connectivity index (χ4v) is 2.28. The summed E-state index contributed by atoms with van der Waals surface area (Å²) in [6.45, 7) is 7.24. The van der Waals surface area contributed by atoms with E-state index in [1.54, 1.807) is 32.0 Å². The van der Waals surface area contributed by atoms with Gasteiger partial charge < -0.3 is 9.47 Å². The molecule has 24 heavy (non-hydrogen) atoms. The Hall–Kier alpha value is -2.08. The predicted octanol–water partition coefficient (Wildman–Crippen LogP) is 3.11. The first-order valence-corrected chi connectivity index (χ1v) is 8.15. The van der Waals surface area contributed by atoms with E-state index >= 15 is 0 Å². The van der Waals surface area contributed by atoms with Crippen LogP contribution in [0.25, 0.3) is 0 Å². The number of aryl methyl sites for hydroxylation is 1. The Morgan fingerprint density at radius 3 is 2.62 bits per heavy atom. The first-order chi connectivity index (χ1) is 11.4. The minimum Gasteiger partial charge on any atom is -0.483 e. The van der Waals surface area contributed by atoms with Crippen LogP contribution in [0.3, 0.4) is 0 Å². The molecule has 0 bridgehead atoms. The van der Waals surface area contributed by atoms with Crippen LogP contribution in [0.4, 0.5) is 0 Å². The normalized spacial score (nSPS) is 12.5. The second-order valence-corrected chi connectivity index (χ2v) is 5.64. The number of hydrogen-bond donors (Lipinski definition) is 1. The molecule has 6 nitrogen and oxygen atoms in total. The second-order valence-electron chi connectivity index (χ2n) is 5.20. The third-order valence-electron chi connectivity index (χ3n) is 3.34. The Kier molecular flexibility index (Phi) is 8.26.